The Labute approximate surface area is 174 Å². The number of hydrogen-bond donors (Lipinski definition) is 2. The normalized spacial score (nSPS) is 26.6. The molecule has 3 fully saturated rings. The SMILES string of the molecule is CC(C)CCOc1nc(N2C[C@@H]3C(C(=O)O)[C@@H]3C2)ccc1CNC1CCCCC1. The number of aliphatic carboxylic acids is 1. The Balaban J connectivity index is 1.41. The second kappa shape index (κ2) is 8.90. The van der Waals surface area contributed by atoms with Gasteiger partial charge in [-0.15, -0.1) is 0 Å². The van der Waals surface area contributed by atoms with Crippen LogP contribution in [0, 0.1) is 23.7 Å². The van der Waals surface area contributed by atoms with Gasteiger partial charge < -0.3 is 20.1 Å². The summed E-state index contributed by atoms with van der Waals surface area (Å²) in [6.45, 7) is 7.46. The van der Waals surface area contributed by atoms with E-state index in [9.17, 15) is 9.90 Å². The highest BCUT2D eigenvalue weighted by Crippen LogP contribution is 2.52. The van der Waals surface area contributed by atoms with Crippen molar-refractivity contribution in [3.05, 3.63) is 17.7 Å². The van der Waals surface area contributed by atoms with Crippen LogP contribution in [0.15, 0.2) is 12.1 Å². The van der Waals surface area contributed by atoms with Crippen LogP contribution < -0.4 is 15.0 Å². The fraction of sp³-hybridized carbons (Fsp3) is 0.739. The number of anilines is 1. The van der Waals surface area contributed by atoms with Crippen molar-refractivity contribution in [3.8, 4) is 5.88 Å². The van der Waals surface area contributed by atoms with E-state index in [4.69, 9.17) is 9.72 Å². The molecule has 0 spiro atoms. The van der Waals surface area contributed by atoms with E-state index in [1.54, 1.807) is 0 Å². The molecule has 4 rings (SSSR count). The Bertz CT molecular complexity index is 705. The van der Waals surface area contributed by atoms with Gasteiger partial charge in [-0.05, 0) is 49.1 Å². The van der Waals surface area contributed by atoms with Gasteiger partial charge in [0.2, 0.25) is 5.88 Å². The second-order valence-corrected chi connectivity index (χ2v) is 9.48. The molecule has 3 atom stereocenters. The highest BCUT2D eigenvalue weighted by Gasteiger charge is 2.60. The molecular formula is C23H35N3O3. The van der Waals surface area contributed by atoms with Crippen LogP contribution in [0.3, 0.4) is 0 Å². The zero-order valence-electron chi connectivity index (χ0n) is 17.8. The number of nitrogens with zero attached hydrogens (tertiary/aromatic N) is 2. The predicted octanol–water partition coefficient (Wildman–Crippen LogP) is 3.70. The molecule has 3 aliphatic rings. The first-order valence-electron chi connectivity index (χ1n) is 11.4. The first kappa shape index (κ1) is 20.5. The summed E-state index contributed by atoms with van der Waals surface area (Å²) in [5.41, 5.74) is 1.12. The lowest BCUT2D eigenvalue weighted by Gasteiger charge is -2.24. The highest BCUT2D eigenvalue weighted by molar-refractivity contribution is 5.75. The minimum Gasteiger partial charge on any atom is -0.481 e. The molecule has 2 saturated carbocycles. The van der Waals surface area contributed by atoms with Crippen LogP contribution >= 0.6 is 0 Å². The molecule has 0 aromatic carbocycles. The van der Waals surface area contributed by atoms with Crippen molar-refractivity contribution in [1.82, 2.24) is 10.3 Å². The molecule has 2 N–H and O–H groups in total. The number of ether oxygens (including phenoxy) is 1. The predicted molar refractivity (Wildman–Crippen MR) is 113 cm³/mol. The summed E-state index contributed by atoms with van der Waals surface area (Å²) in [7, 11) is 0. The van der Waals surface area contributed by atoms with Crippen LogP contribution in [0.2, 0.25) is 0 Å². The van der Waals surface area contributed by atoms with Crippen molar-refractivity contribution in [2.24, 2.45) is 23.7 Å². The maximum atomic E-state index is 11.2. The number of carboxylic acid groups (broad SMARTS) is 1. The molecular weight excluding hydrogens is 366 g/mol. The molecule has 1 unspecified atom stereocenters. The van der Waals surface area contributed by atoms with Crippen molar-refractivity contribution in [2.45, 2.75) is 65.0 Å². The van der Waals surface area contributed by atoms with E-state index in [0.29, 0.717) is 18.6 Å². The topological polar surface area (TPSA) is 74.7 Å². The Morgan fingerprint density at radius 1 is 1.24 bits per heavy atom. The second-order valence-electron chi connectivity index (χ2n) is 9.48. The molecule has 0 radical (unpaired) electrons. The number of carboxylic acids is 1. The summed E-state index contributed by atoms with van der Waals surface area (Å²) in [5.74, 6) is 2.03. The number of hydrogen-bond acceptors (Lipinski definition) is 5. The number of fused-ring (bicyclic) bond motifs is 1. The van der Waals surface area contributed by atoms with E-state index in [-0.39, 0.29) is 17.8 Å². The number of piperidine rings is 1. The fourth-order valence-corrected chi connectivity index (χ4v) is 4.93. The molecule has 29 heavy (non-hydrogen) atoms. The van der Waals surface area contributed by atoms with Gasteiger partial charge in [-0.2, -0.15) is 4.98 Å². The molecule has 2 aliphatic carbocycles. The van der Waals surface area contributed by atoms with Gasteiger partial charge in [0.05, 0.1) is 12.5 Å². The fourth-order valence-electron chi connectivity index (χ4n) is 4.93. The minimum atomic E-state index is -0.644. The zero-order chi connectivity index (χ0) is 20.4. The van der Waals surface area contributed by atoms with Crippen molar-refractivity contribution >= 4 is 11.8 Å². The van der Waals surface area contributed by atoms with Gasteiger partial charge >= 0.3 is 5.97 Å². The monoisotopic (exact) mass is 401 g/mol. The molecule has 1 aromatic rings. The van der Waals surface area contributed by atoms with Crippen molar-refractivity contribution in [3.63, 3.8) is 0 Å². The van der Waals surface area contributed by atoms with Gasteiger partial charge in [0.1, 0.15) is 5.82 Å². The lowest BCUT2D eigenvalue weighted by Crippen LogP contribution is -2.31. The first-order chi connectivity index (χ1) is 14.0. The maximum Gasteiger partial charge on any atom is 0.307 e. The average Bonchev–Trinajstić information content (AvgIpc) is 3.22. The number of pyridine rings is 1. The van der Waals surface area contributed by atoms with E-state index in [2.05, 4.69) is 36.2 Å². The van der Waals surface area contributed by atoms with Crippen LogP contribution in [0.5, 0.6) is 5.88 Å². The van der Waals surface area contributed by atoms with Crippen LogP contribution in [0.1, 0.15) is 57.9 Å². The van der Waals surface area contributed by atoms with Gasteiger partial charge in [0.25, 0.3) is 0 Å². The third-order valence-electron chi connectivity index (χ3n) is 6.85. The van der Waals surface area contributed by atoms with Crippen molar-refractivity contribution in [1.29, 1.82) is 0 Å². The van der Waals surface area contributed by atoms with E-state index < -0.39 is 5.97 Å². The zero-order valence-corrected chi connectivity index (χ0v) is 17.8. The third-order valence-corrected chi connectivity index (χ3v) is 6.85. The molecule has 1 aromatic heterocycles. The van der Waals surface area contributed by atoms with Gasteiger partial charge in [0, 0.05) is 31.2 Å². The summed E-state index contributed by atoms with van der Waals surface area (Å²) < 4.78 is 6.11. The number of nitrogens with one attached hydrogen (secondary N) is 1. The lowest BCUT2D eigenvalue weighted by atomic mass is 9.95. The van der Waals surface area contributed by atoms with Gasteiger partial charge in [0.15, 0.2) is 0 Å². The molecule has 1 aliphatic heterocycles. The molecule has 0 amide bonds. The third kappa shape index (κ3) is 4.85. The summed E-state index contributed by atoms with van der Waals surface area (Å²) in [5, 5.41) is 12.9. The van der Waals surface area contributed by atoms with Crippen LogP contribution in [-0.2, 0) is 11.3 Å². The molecule has 160 valence electrons. The molecule has 2 heterocycles. The Hall–Kier alpha value is -1.82. The Kier molecular flexibility index (Phi) is 6.28. The molecule has 6 nitrogen and oxygen atoms in total. The van der Waals surface area contributed by atoms with Crippen LogP contribution in [0.25, 0.3) is 0 Å². The largest absolute Gasteiger partial charge is 0.481 e. The average molecular weight is 402 g/mol. The minimum absolute atomic E-state index is 0.146. The van der Waals surface area contributed by atoms with E-state index >= 15 is 0 Å². The van der Waals surface area contributed by atoms with Gasteiger partial charge in [-0.25, -0.2) is 0 Å². The summed E-state index contributed by atoms with van der Waals surface area (Å²) in [6.07, 6.45) is 7.53. The Morgan fingerprint density at radius 3 is 2.62 bits per heavy atom. The Morgan fingerprint density at radius 2 is 1.97 bits per heavy atom. The van der Waals surface area contributed by atoms with Crippen molar-refractivity contribution in [2.75, 3.05) is 24.6 Å². The van der Waals surface area contributed by atoms with Crippen LogP contribution in [-0.4, -0.2) is 41.8 Å². The van der Waals surface area contributed by atoms with Gasteiger partial charge in [-0.1, -0.05) is 33.1 Å². The van der Waals surface area contributed by atoms with E-state index in [1.165, 1.54) is 32.1 Å². The lowest BCUT2D eigenvalue weighted by molar-refractivity contribution is -0.139. The number of aromatic nitrogens is 1. The van der Waals surface area contributed by atoms with Crippen molar-refractivity contribution < 1.29 is 14.6 Å². The summed E-state index contributed by atoms with van der Waals surface area (Å²) in [4.78, 5) is 18.3. The summed E-state index contributed by atoms with van der Waals surface area (Å²) >= 11 is 0. The summed E-state index contributed by atoms with van der Waals surface area (Å²) in [6, 6.07) is 4.82. The molecule has 0 bridgehead atoms. The molecule has 1 saturated heterocycles. The van der Waals surface area contributed by atoms with Gasteiger partial charge in [-0.3, -0.25) is 4.79 Å². The number of carbonyl (C=O) groups is 1. The standard InChI is InChI=1S/C23H35N3O3/c1-15(2)10-11-29-22-16(12-24-17-6-4-3-5-7-17)8-9-20(25-22)26-13-18-19(14-26)21(18)23(27)28/h8-9,15,17-19,21,24H,3-7,10-14H2,1-2H3,(H,27,28)/t18-,19+,21?. The molecule has 6 heteroatoms. The van der Waals surface area contributed by atoms with E-state index in [1.807, 2.05) is 0 Å². The highest BCUT2D eigenvalue weighted by atomic mass is 16.5. The number of rotatable bonds is 9. The van der Waals surface area contributed by atoms with E-state index in [0.717, 1.165) is 43.3 Å². The van der Waals surface area contributed by atoms with Crippen LogP contribution in [0.4, 0.5) is 5.82 Å². The first-order valence-corrected chi connectivity index (χ1v) is 11.4. The smallest absolute Gasteiger partial charge is 0.307 e. The quantitative estimate of drug-likeness (QED) is 0.657. The maximum absolute atomic E-state index is 11.2.